The third kappa shape index (κ3) is 5.80. The van der Waals surface area contributed by atoms with Gasteiger partial charge in [0.2, 0.25) is 5.91 Å². The van der Waals surface area contributed by atoms with Gasteiger partial charge in [-0.15, -0.1) is 0 Å². The summed E-state index contributed by atoms with van der Waals surface area (Å²) in [7, 11) is 0. The van der Waals surface area contributed by atoms with Crippen molar-refractivity contribution in [3.8, 4) is 0 Å². The zero-order valence-corrected chi connectivity index (χ0v) is 17.9. The minimum Gasteiger partial charge on any atom is -0.449 e. The first-order valence-corrected chi connectivity index (χ1v) is 10.6. The Morgan fingerprint density at radius 3 is 2.48 bits per heavy atom. The second-order valence-electron chi connectivity index (χ2n) is 8.44. The van der Waals surface area contributed by atoms with Crippen LogP contribution < -0.4 is 4.90 Å². The Labute approximate surface area is 180 Å². The van der Waals surface area contributed by atoms with E-state index >= 15 is 0 Å². The number of ether oxygens (including phenoxy) is 1. The smallest absolute Gasteiger partial charge is 0.419 e. The van der Waals surface area contributed by atoms with Crippen molar-refractivity contribution in [2.24, 2.45) is 11.8 Å². The van der Waals surface area contributed by atoms with Gasteiger partial charge in [0, 0.05) is 45.5 Å². The van der Waals surface area contributed by atoms with Crippen LogP contribution in [-0.4, -0.2) is 72.7 Å². The molecule has 2 aliphatic heterocycles. The molecule has 1 atom stereocenters. The molecule has 0 aliphatic carbocycles. The molecule has 1 aromatic rings. The van der Waals surface area contributed by atoms with Crippen LogP contribution in [0.2, 0.25) is 0 Å². The lowest BCUT2D eigenvalue weighted by molar-refractivity contribution is -0.137. The summed E-state index contributed by atoms with van der Waals surface area (Å²) in [6.07, 6.45) is -2.29. The minimum atomic E-state index is -4.50. The zero-order chi connectivity index (χ0) is 22.6. The quantitative estimate of drug-likeness (QED) is 0.716. The summed E-state index contributed by atoms with van der Waals surface area (Å²) in [4.78, 5) is 33.9. The number of nitrogens with zero attached hydrogens (tertiary/aromatic N) is 4. The molecule has 0 radical (unpaired) electrons. The van der Waals surface area contributed by atoms with Crippen LogP contribution in [0.25, 0.3) is 0 Å². The van der Waals surface area contributed by atoms with Crippen LogP contribution in [0.15, 0.2) is 18.3 Å². The van der Waals surface area contributed by atoms with Crippen molar-refractivity contribution >= 4 is 17.8 Å². The maximum Gasteiger partial charge on any atom is 0.419 e. The number of anilines is 1. The topological polar surface area (TPSA) is 66.0 Å². The van der Waals surface area contributed by atoms with Gasteiger partial charge in [0.15, 0.2) is 0 Å². The Morgan fingerprint density at radius 2 is 1.84 bits per heavy atom. The molecule has 2 amide bonds. The third-order valence-electron chi connectivity index (χ3n) is 5.55. The predicted molar refractivity (Wildman–Crippen MR) is 109 cm³/mol. The van der Waals surface area contributed by atoms with Crippen LogP contribution in [0.5, 0.6) is 0 Å². The van der Waals surface area contributed by atoms with E-state index in [2.05, 4.69) is 4.98 Å². The summed E-state index contributed by atoms with van der Waals surface area (Å²) in [5.41, 5.74) is -0.781. The van der Waals surface area contributed by atoms with E-state index < -0.39 is 17.7 Å². The molecular weight excluding hydrogens is 413 g/mol. The number of hydrogen-bond acceptors (Lipinski definition) is 5. The molecule has 1 unspecified atom stereocenters. The fourth-order valence-electron chi connectivity index (χ4n) is 3.94. The first-order chi connectivity index (χ1) is 14.7. The van der Waals surface area contributed by atoms with E-state index in [0.29, 0.717) is 52.2 Å². The van der Waals surface area contributed by atoms with Crippen LogP contribution in [-0.2, 0) is 15.7 Å². The molecule has 0 saturated carbocycles. The lowest BCUT2D eigenvalue weighted by Crippen LogP contribution is -2.54. The predicted octanol–water partition coefficient (Wildman–Crippen LogP) is 3.25. The lowest BCUT2D eigenvalue weighted by Gasteiger charge is -2.39. The Bertz CT molecular complexity index is 779. The Morgan fingerprint density at radius 1 is 1.16 bits per heavy atom. The summed E-state index contributed by atoms with van der Waals surface area (Å²) in [5.74, 6) is -0.344. The number of amides is 2. The van der Waals surface area contributed by atoms with Crippen molar-refractivity contribution in [2.75, 3.05) is 50.8 Å². The summed E-state index contributed by atoms with van der Waals surface area (Å²) in [6, 6.07) is 2.29. The molecule has 0 bridgehead atoms. The molecule has 10 heteroatoms. The van der Waals surface area contributed by atoms with Gasteiger partial charge in [0.1, 0.15) is 5.82 Å². The van der Waals surface area contributed by atoms with Gasteiger partial charge in [-0.3, -0.25) is 4.79 Å². The fraction of sp³-hybridized carbons (Fsp3) is 0.667. The second kappa shape index (κ2) is 9.74. The van der Waals surface area contributed by atoms with Gasteiger partial charge in [-0.05, 0) is 30.9 Å². The molecule has 2 fully saturated rings. The third-order valence-corrected chi connectivity index (χ3v) is 5.55. The molecule has 3 rings (SSSR count). The Hall–Kier alpha value is -2.52. The highest BCUT2D eigenvalue weighted by atomic mass is 19.4. The van der Waals surface area contributed by atoms with Gasteiger partial charge in [0.25, 0.3) is 0 Å². The Balaban J connectivity index is 1.58. The first-order valence-electron chi connectivity index (χ1n) is 10.6. The molecule has 7 nitrogen and oxygen atoms in total. The fourth-order valence-corrected chi connectivity index (χ4v) is 3.94. The van der Waals surface area contributed by atoms with Crippen molar-refractivity contribution < 1.29 is 27.5 Å². The van der Waals surface area contributed by atoms with Crippen LogP contribution >= 0.6 is 0 Å². The molecule has 0 aromatic carbocycles. The van der Waals surface area contributed by atoms with Crippen molar-refractivity contribution in [2.45, 2.75) is 32.9 Å². The van der Waals surface area contributed by atoms with Crippen LogP contribution in [0.3, 0.4) is 0 Å². The summed E-state index contributed by atoms with van der Waals surface area (Å²) in [5, 5.41) is 0. The first kappa shape index (κ1) is 23.1. The number of pyridine rings is 1. The van der Waals surface area contributed by atoms with Gasteiger partial charge in [-0.2, -0.15) is 13.2 Å². The molecular formula is C21H29F3N4O3. The van der Waals surface area contributed by atoms with Crippen molar-refractivity contribution in [1.29, 1.82) is 0 Å². The number of piperazine rings is 1. The lowest BCUT2D eigenvalue weighted by atomic mass is 9.95. The zero-order valence-electron chi connectivity index (χ0n) is 17.9. The normalized spacial score (nSPS) is 20.2. The van der Waals surface area contributed by atoms with Gasteiger partial charge in [-0.1, -0.05) is 13.8 Å². The molecule has 2 aliphatic rings. The SMILES string of the molecule is CC(C)COC(=O)N1CCN(C(=O)C2CCCN(c3ncccc3C(F)(F)F)C2)CC1. The molecule has 31 heavy (non-hydrogen) atoms. The summed E-state index contributed by atoms with van der Waals surface area (Å²) >= 11 is 0. The van der Waals surface area contributed by atoms with E-state index in [9.17, 15) is 22.8 Å². The van der Waals surface area contributed by atoms with E-state index in [-0.39, 0.29) is 30.3 Å². The number of carbonyl (C=O) groups excluding carboxylic acids is 2. The molecule has 172 valence electrons. The number of aromatic nitrogens is 1. The minimum absolute atomic E-state index is 0.0793. The molecule has 0 N–H and O–H groups in total. The number of alkyl halides is 3. The maximum absolute atomic E-state index is 13.4. The van der Waals surface area contributed by atoms with Crippen molar-refractivity contribution in [1.82, 2.24) is 14.8 Å². The van der Waals surface area contributed by atoms with E-state index in [1.807, 2.05) is 13.8 Å². The van der Waals surface area contributed by atoms with E-state index in [4.69, 9.17) is 4.74 Å². The van der Waals surface area contributed by atoms with E-state index in [1.165, 1.54) is 12.3 Å². The van der Waals surface area contributed by atoms with Gasteiger partial charge < -0.3 is 19.4 Å². The molecule has 0 spiro atoms. The Kier molecular flexibility index (Phi) is 7.27. The standard InChI is InChI=1S/C21H29F3N4O3/c1-15(2)14-31-20(30)27-11-9-26(10-12-27)19(29)16-5-4-8-28(13-16)18-17(21(22,23)24)6-3-7-25-18/h3,6-7,15-16H,4-5,8-14H2,1-2H3. The summed E-state index contributed by atoms with van der Waals surface area (Å²) in [6.45, 7) is 6.46. The number of halogens is 3. The highest BCUT2D eigenvalue weighted by Gasteiger charge is 2.38. The monoisotopic (exact) mass is 442 g/mol. The van der Waals surface area contributed by atoms with Gasteiger partial charge in [-0.25, -0.2) is 9.78 Å². The van der Waals surface area contributed by atoms with E-state index in [1.54, 1.807) is 14.7 Å². The van der Waals surface area contributed by atoms with Crippen molar-refractivity contribution in [3.63, 3.8) is 0 Å². The van der Waals surface area contributed by atoms with Gasteiger partial charge in [0.05, 0.1) is 18.1 Å². The highest BCUT2D eigenvalue weighted by Crippen LogP contribution is 2.36. The number of piperidine rings is 1. The molecule has 1 aromatic heterocycles. The van der Waals surface area contributed by atoms with Crippen LogP contribution in [0.1, 0.15) is 32.3 Å². The summed E-state index contributed by atoms with van der Waals surface area (Å²) < 4.78 is 45.3. The van der Waals surface area contributed by atoms with Crippen LogP contribution in [0, 0.1) is 11.8 Å². The largest absolute Gasteiger partial charge is 0.449 e. The number of carbonyl (C=O) groups is 2. The average Bonchev–Trinajstić information content (AvgIpc) is 2.76. The number of hydrogen-bond donors (Lipinski definition) is 0. The van der Waals surface area contributed by atoms with Crippen LogP contribution in [0.4, 0.5) is 23.8 Å². The number of rotatable bonds is 4. The van der Waals surface area contributed by atoms with Gasteiger partial charge >= 0.3 is 12.3 Å². The highest BCUT2D eigenvalue weighted by molar-refractivity contribution is 5.80. The maximum atomic E-state index is 13.4. The average molecular weight is 442 g/mol. The van der Waals surface area contributed by atoms with E-state index in [0.717, 1.165) is 6.07 Å². The van der Waals surface area contributed by atoms with Crippen molar-refractivity contribution in [3.05, 3.63) is 23.9 Å². The molecule has 3 heterocycles. The second-order valence-corrected chi connectivity index (χ2v) is 8.44. The molecule has 2 saturated heterocycles.